The molecule has 9 heteroatoms. The molecule has 2 fully saturated rings. The van der Waals surface area contributed by atoms with Crippen LogP contribution >= 0.6 is 23.2 Å². The van der Waals surface area contributed by atoms with Gasteiger partial charge in [0, 0.05) is 30.5 Å². The summed E-state index contributed by atoms with van der Waals surface area (Å²) in [5.74, 6) is 1.05. The number of halogens is 2. The normalized spacial score (nSPS) is 19.1. The number of amides is 1. The van der Waals surface area contributed by atoms with Crippen LogP contribution in [0.5, 0.6) is 17.2 Å². The molecule has 2 heterocycles. The van der Waals surface area contributed by atoms with Crippen molar-refractivity contribution in [1.29, 1.82) is 0 Å². The number of hydrogen-bond acceptors (Lipinski definition) is 6. The predicted octanol–water partition coefficient (Wildman–Crippen LogP) is 4.76. The summed E-state index contributed by atoms with van der Waals surface area (Å²) in [6.07, 6.45) is 4.58. The maximum Gasteiger partial charge on any atom is 0.254 e. The summed E-state index contributed by atoms with van der Waals surface area (Å²) >= 11 is 12.3. The fourth-order valence-electron chi connectivity index (χ4n) is 4.56. The number of hydrogen-bond donors (Lipinski definition) is 1. The molecule has 2 aromatic rings. The van der Waals surface area contributed by atoms with Gasteiger partial charge in [-0.25, -0.2) is 0 Å². The number of aldehydes is 1. The first-order valence-corrected chi connectivity index (χ1v) is 12.3. The molecule has 1 unspecified atom stereocenters. The van der Waals surface area contributed by atoms with E-state index in [4.69, 9.17) is 37.4 Å². The third-order valence-corrected chi connectivity index (χ3v) is 7.25. The molecule has 0 bridgehead atoms. The van der Waals surface area contributed by atoms with E-state index >= 15 is 0 Å². The lowest BCUT2D eigenvalue weighted by Crippen LogP contribution is -2.35. The Morgan fingerprint density at radius 1 is 1.03 bits per heavy atom. The Balaban J connectivity index is 0.000000607. The number of benzene rings is 2. The van der Waals surface area contributed by atoms with Crippen LogP contribution in [0.25, 0.3) is 0 Å². The second kappa shape index (κ2) is 12.5. The number of methoxy groups -OCH3 is 3. The number of carbonyl (C=O) groups is 2. The van der Waals surface area contributed by atoms with Gasteiger partial charge in [0.15, 0.2) is 11.5 Å². The molecule has 1 N–H and O–H groups in total. The minimum atomic E-state index is -0.508. The summed E-state index contributed by atoms with van der Waals surface area (Å²) in [5, 5.41) is 4.10. The molecular weight excluding hydrogens is 491 g/mol. The summed E-state index contributed by atoms with van der Waals surface area (Å²) in [5.41, 5.74) is 0.802. The van der Waals surface area contributed by atoms with Crippen molar-refractivity contribution in [3.8, 4) is 17.2 Å². The van der Waals surface area contributed by atoms with Crippen LogP contribution in [0, 0.1) is 0 Å². The van der Waals surface area contributed by atoms with E-state index in [-0.39, 0.29) is 12.3 Å². The first-order chi connectivity index (χ1) is 16.9. The van der Waals surface area contributed by atoms with Crippen molar-refractivity contribution >= 4 is 35.4 Å². The van der Waals surface area contributed by atoms with Crippen LogP contribution in [0.15, 0.2) is 30.3 Å². The Morgan fingerprint density at radius 2 is 1.69 bits per heavy atom. The van der Waals surface area contributed by atoms with Crippen LogP contribution in [0.2, 0.25) is 10.0 Å². The predicted molar refractivity (Wildman–Crippen MR) is 138 cm³/mol. The highest BCUT2D eigenvalue weighted by Gasteiger charge is 2.41. The highest BCUT2D eigenvalue weighted by molar-refractivity contribution is 6.42. The molecule has 2 saturated heterocycles. The van der Waals surface area contributed by atoms with Crippen LogP contribution in [-0.4, -0.2) is 64.6 Å². The van der Waals surface area contributed by atoms with Crippen LogP contribution in [0.1, 0.15) is 41.6 Å². The molecule has 0 aromatic heterocycles. The smallest absolute Gasteiger partial charge is 0.254 e. The largest absolute Gasteiger partial charge is 0.493 e. The fourth-order valence-corrected chi connectivity index (χ4v) is 4.86. The van der Waals surface area contributed by atoms with Gasteiger partial charge in [-0.2, -0.15) is 0 Å². The van der Waals surface area contributed by atoms with E-state index in [1.54, 1.807) is 29.2 Å². The first kappa shape index (κ1) is 27.1. The molecule has 2 aliphatic rings. The Bertz CT molecular complexity index is 1010. The highest BCUT2D eigenvalue weighted by Crippen LogP contribution is 2.42. The molecule has 4 rings (SSSR count). The number of nitrogens with zero attached hydrogens (tertiary/aromatic N) is 1. The maximum absolute atomic E-state index is 13.3. The van der Waals surface area contributed by atoms with Gasteiger partial charge >= 0.3 is 0 Å². The minimum Gasteiger partial charge on any atom is -0.493 e. The third kappa shape index (κ3) is 6.21. The van der Waals surface area contributed by atoms with Gasteiger partial charge in [0.05, 0.1) is 31.4 Å². The molecule has 0 radical (unpaired) electrons. The molecule has 0 aliphatic carbocycles. The lowest BCUT2D eigenvalue weighted by atomic mass is 9.77. The molecule has 0 spiro atoms. The summed E-state index contributed by atoms with van der Waals surface area (Å²) in [6, 6.07) is 8.62. The second-order valence-electron chi connectivity index (χ2n) is 8.63. The van der Waals surface area contributed by atoms with Crippen molar-refractivity contribution in [3.63, 3.8) is 0 Å². The first-order valence-electron chi connectivity index (χ1n) is 11.6. The SMILES string of the molecule is C1CCNC1.COc1cc(C(=O)N2CCC(CC=O)(c3ccc(Cl)c(Cl)c3)C2)cc(OC)c1OC. The zero-order chi connectivity index (χ0) is 25.4. The molecule has 2 aromatic carbocycles. The topological polar surface area (TPSA) is 77.1 Å². The van der Waals surface area contributed by atoms with E-state index in [0.717, 1.165) is 11.8 Å². The third-order valence-electron chi connectivity index (χ3n) is 6.52. The van der Waals surface area contributed by atoms with Crippen LogP contribution in [-0.2, 0) is 10.2 Å². The van der Waals surface area contributed by atoms with Crippen molar-refractivity contribution in [2.45, 2.75) is 31.1 Å². The average molecular weight is 523 g/mol. The van der Waals surface area contributed by atoms with Crippen molar-refractivity contribution in [1.82, 2.24) is 10.2 Å². The molecule has 7 nitrogen and oxygen atoms in total. The number of likely N-dealkylation sites (tertiary alicyclic amines) is 1. The number of nitrogens with one attached hydrogen (secondary N) is 1. The van der Waals surface area contributed by atoms with Crippen LogP contribution in [0.3, 0.4) is 0 Å². The Morgan fingerprint density at radius 3 is 2.17 bits per heavy atom. The van der Waals surface area contributed by atoms with Crippen LogP contribution < -0.4 is 19.5 Å². The Kier molecular flexibility index (Phi) is 9.66. The molecule has 0 saturated carbocycles. The maximum atomic E-state index is 13.3. The van der Waals surface area contributed by atoms with Crippen molar-refractivity contribution < 1.29 is 23.8 Å². The number of ether oxygens (including phenoxy) is 3. The van der Waals surface area contributed by atoms with Gasteiger partial charge in [-0.05, 0) is 62.2 Å². The van der Waals surface area contributed by atoms with E-state index in [0.29, 0.717) is 52.4 Å². The summed E-state index contributed by atoms with van der Waals surface area (Å²) in [7, 11) is 4.51. The standard InChI is InChI=1S/C22H23Cl2NO5.C4H9N/c1-28-18-10-14(11-19(29-2)20(18)30-3)21(27)25-8-6-22(13-25,7-9-26)15-4-5-16(23)17(24)12-15;1-2-4-5-3-1/h4-5,9-12H,6-8,13H2,1-3H3;5H,1-4H2. The van der Waals surface area contributed by atoms with Gasteiger partial charge in [0.2, 0.25) is 5.75 Å². The van der Waals surface area contributed by atoms with E-state index in [1.807, 2.05) is 6.07 Å². The molecule has 35 heavy (non-hydrogen) atoms. The number of rotatable bonds is 7. The monoisotopic (exact) mass is 522 g/mol. The summed E-state index contributed by atoms with van der Waals surface area (Å²) in [4.78, 5) is 26.5. The lowest BCUT2D eigenvalue weighted by Gasteiger charge is -2.28. The molecule has 1 atom stereocenters. The highest BCUT2D eigenvalue weighted by atomic mass is 35.5. The fraction of sp³-hybridized carbons (Fsp3) is 0.462. The van der Waals surface area contributed by atoms with Gasteiger partial charge < -0.3 is 29.2 Å². The van der Waals surface area contributed by atoms with E-state index in [1.165, 1.54) is 47.3 Å². The van der Waals surface area contributed by atoms with Gasteiger partial charge in [-0.15, -0.1) is 0 Å². The van der Waals surface area contributed by atoms with E-state index in [2.05, 4.69) is 5.32 Å². The van der Waals surface area contributed by atoms with Gasteiger partial charge in [0.1, 0.15) is 6.29 Å². The van der Waals surface area contributed by atoms with Gasteiger partial charge in [0.25, 0.3) is 5.91 Å². The average Bonchev–Trinajstić information content (AvgIpc) is 3.59. The van der Waals surface area contributed by atoms with E-state index < -0.39 is 5.41 Å². The second-order valence-corrected chi connectivity index (χ2v) is 9.44. The number of carbonyl (C=O) groups excluding carboxylic acids is 2. The molecular formula is C26H32Cl2N2O5. The zero-order valence-corrected chi connectivity index (χ0v) is 21.9. The van der Waals surface area contributed by atoms with Crippen LogP contribution in [0.4, 0.5) is 0 Å². The van der Waals surface area contributed by atoms with Crippen molar-refractivity contribution in [3.05, 3.63) is 51.5 Å². The van der Waals surface area contributed by atoms with Gasteiger partial charge in [-0.1, -0.05) is 29.3 Å². The zero-order valence-electron chi connectivity index (χ0n) is 20.4. The molecule has 1 amide bonds. The minimum absolute atomic E-state index is 0.179. The summed E-state index contributed by atoms with van der Waals surface area (Å²) < 4.78 is 16.0. The van der Waals surface area contributed by atoms with Crippen molar-refractivity contribution in [2.24, 2.45) is 0 Å². The lowest BCUT2D eigenvalue weighted by molar-refractivity contribution is -0.108. The molecule has 190 valence electrons. The van der Waals surface area contributed by atoms with E-state index in [9.17, 15) is 9.59 Å². The Hall–Kier alpha value is -2.48. The van der Waals surface area contributed by atoms with Crippen molar-refractivity contribution in [2.75, 3.05) is 47.5 Å². The molecule has 2 aliphatic heterocycles. The quantitative estimate of drug-likeness (QED) is 0.528. The Labute approximate surface area is 216 Å². The summed E-state index contributed by atoms with van der Waals surface area (Å²) in [6.45, 7) is 3.39. The van der Waals surface area contributed by atoms with Gasteiger partial charge in [-0.3, -0.25) is 4.79 Å².